The number of nitrogens with one attached hydrogen (secondary N) is 1. The highest BCUT2D eigenvalue weighted by Gasteiger charge is 1.98. The lowest BCUT2D eigenvalue weighted by Crippen LogP contribution is -1.90. The van der Waals surface area contributed by atoms with Crippen molar-refractivity contribution in [2.45, 2.75) is 6.61 Å². The quantitative estimate of drug-likeness (QED) is 0.554. The van der Waals surface area contributed by atoms with Gasteiger partial charge in [-0.25, -0.2) is 0 Å². The van der Waals surface area contributed by atoms with Crippen LogP contribution >= 0.6 is 0 Å². The minimum atomic E-state index is -0.00500. The first kappa shape index (κ1) is 7.88. The summed E-state index contributed by atoms with van der Waals surface area (Å²) < 4.78 is 0. The van der Waals surface area contributed by atoms with E-state index in [4.69, 9.17) is 5.11 Å². The van der Waals surface area contributed by atoms with Crippen molar-refractivity contribution < 1.29 is 10.2 Å². The maximum absolute atomic E-state index is 9.19. The van der Waals surface area contributed by atoms with E-state index >= 15 is 0 Å². The van der Waals surface area contributed by atoms with Crippen molar-refractivity contribution in [3.63, 3.8) is 0 Å². The van der Waals surface area contributed by atoms with Crippen LogP contribution in [0.15, 0.2) is 18.2 Å². The van der Waals surface area contributed by atoms with Crippen LogP contribution < -0.4 is 5.32 Å². The number of benzene rings is 1. The molecule has 0 spiro atoms. The predicted octanol–water partition coefficient (Wildman–Crippen LogP) is 0.926. The van der Waals surface area contributed by atoms with Gasteiger partial charge in [0.2, 0.25) is 0 Å². The molecular weight excluding hydrogens is 142 g/mol. The highest BCUT2D eigenvalue weighted by molar-refractivity contribution is 5.56. The third-order valence-corrected chi connectivity index (χ3v) is 1.51. The summed E-state index contributed by atoms with van der Waals surface area (Å²) in [5.41, 5.74) is 1.42. The second-order valence-electron chi connectivity index (χ2n) is 2.26. The summed E-state index contributed by atoms with van der Waals surface area (Å²) >= 11 is 0. The first-order chi connectivity index (χ1) is 5.27. The van der Waals surface area contributed by atoms with Gasteiger partial charge in [0.15, 0.2) is 0 Å². The molecule has 0 amide bonds. The molecule has 0 unspecified atom stereocenters. The first-order valence-corrected chi connectivity index (χ1v) is 3.38. The zero-order valence-electron chi connectivity index (χ0n) is 6.33. The van der Waals surface area contributed by atoms with Gasteiger partial charge >= 0.3 is 0 Å². The Kier molecular flexibility index (Phi) is 2.33. The average Bonchev–Trinajstić information content (AvgIpc) is 2.05. The van der Waals surface area contributed by atoms with Crippen LogP contribution in [0.5, 0.6) is 5.75 Å². The average molecular weight is 153 g/mol. The largest absolute Gasteiger partial charge is 0.506 e. The van der Waals surface area contributed by atoms with E-state index < -0.39 is 0 Å². The van der Waals surface area contributed by atoms with Crippen LogP contribution in [0.25, 0.3) is 0 Å². The van der Waals surface area contributed by atoms with Crippen molar-refractivity contribution in [1.29, 1.82) is 0 Å². The van der Waals surface area contributed by atoms with E-state index in [1.165, 1.54) is 0 Å². The van der Waals surface area contributed by atoms with Crippen LogP contribution in [-0.4, -0.2) is 17.3 Å². The van der Waals surface area contributed by atoms with Gasteiger partial charge in [0.1, 0.15) is 5.75 Å². The lowest BCUT2D eigenvalue weighted by atomic mass is 10.2. The molecule has 0 radical (unpaired) electrons. The summed E-state index contributed by atoms with van der Waals surface area (Å²) in [5, 5.41) is 20.7. The molecule has 0 heterocycles. The molecule has 11 heavy (non-hydrogen) atoms. The number of hydrogen-bond donors (Lipinski definition) is 3. The van der Waals surface area contributed by atoms with Crippen LogP contribution in [0.1, 0.15) is 5.56 Å². The topological polar surface area (TPSA) is 52.5 Å². The highest BCUT2D eigenvalue weighted by Crippen LogP contribution is 2.23. The Morgan fingerprint density at radius 2 is 2.18 bits per heavy atom. The van der Waals surface area contributed by atoms with E-state index in [2.05, 4.69) is 5.32 Å². The van der Waals surface area contributed by atoms with Crippen LogP contribution in [0.3, 0.4) is 0 Å². The molecule has 0 saturated heterocycles. The Balaban J connectivity index is 3.02. The fourth-order valence-electron chi connectivity index (χ4n) is 0.882. The molecule has 3 N–H and O–H groups in total. The minimum absolute atomic E-state index is 0.00500. The zero-order chi connectivity index (χ0) is 8.27. The molecule has 0 saturated carbocycles. The molecule has 0 aliphatic carbocycles. The molecule has 3 heteroatoms. The number of aliphatic hydroxyl groups excluding tert-OH is 1. The number of aliphatic hydroxyl groups is 1. The molecule has 0 aliphatic rings. The molecule has 0 aliphatic heterocycles. The number of phenolic OH excluding ortho intramolecular Hbond substituents is 1. The molecule has 0 aromatic heterocycles. The molecule has 1 aromatic rings. The van der Waals surface area contributed by atoms with Crippen molar-refractivity contribution in [2.24, 2.45) is 0 Å². The fraction of sp³-hybridized carbons (Fsp3) is 0.250. The molecule has 3 nitrogen and oxygen atoms in total. The Bertz CT molecular complexity index is 248. The van der Waals surface area contributed by atoms with Crippen molar-refractivity contribution in [3.8, 4) is 5.75 Å². The Hall–Kier alpha value is -1.22. The van der Waals surface area contributed by atoms with E-state index in [9.17, 15) is 5.11 Å². The SMILES string of the molecule is CNc1cc(CO)ccc1O. The number of anilines is 1. The summed E-state index contributed by atoms with van der Waals surface area (Å²) in [4.78, 5) is 0. The predicted molar refractivity (Wildman–Crippen MR) is 43.6 cm³/mol. The molecule has 1 rings (SSSR count). The van der Waals surface area contributed by atoms with Gasteiger partial charge in [0.05, 0.1) is 12.3 Å². The Labute approximate surface area is 65.3 Å². The van der Waals surface area contributed by atoms with Gasteiger partial charge in [-0.2, -0.15) is 0 Å². The van der Waals surface area contributed by atoms with Crippen molar-refractivity contribution in [3.05, 3.63) is 23.8 Å². The molecule has 0 fully saturated rings. The van der Waals surface area contributed by atoms with Crippen LogP contribution in [-0.2, 0) is 6.61 Å². The highest BCUT2D eigenvalue weighted by atomic mass is 16.3. The van der Waals surface area contributed by atoms with E-state index in [1.54, 1.807) is 25.2 Å². The number of hydrogen-bond acceptors (Lipinski definition) is 3. The number of aromatic hydroxyl groups is 1. The van der Waals surface area contributed by atoms with Crippen molar-refractivity contribution in [1.82, 2.24) is 0 Å². The van der Waals surface area contributed by atoms with Gasteiger partial charge in [-0.3, -0.25) is 0 Å². The van der Waals surface area contributed by atoms with Gasteiger partial charge < -0.3 is 15.5 Å². The van der Waals surface area contributed by atoms with Gasteiger partial charge in [0.25, 0.3) is 0 Å². The summed E-state index contributed by atoms with van der Waals surface area (Å²) in [7, 11) is 1.72. The molecule has 0 atom stereocenters. The third kappa shape index (κ3) is 1.62. The molecule has 60 valence electrons. The zero-order valence-corrected chi connectivity index (χ0v) is 6.33. The standard InChI is InChI=1S/C8H11NO2/c1-9-7-4-6(5-10)2-3-8(7)11/h2-4,9-11H,5H2,1H3. The first-order valence-electron chi connectivity index (χ1n) is 3.38. The van der Waals surface area contributed by atoms with Gasteiger partial charge in [0, 0.05) is 7.05 Å². The van der Waals surface area contributed by atoms with Crippen LogP contribution in [0, 0.1) is 0 Å². The summed E-state index contributed by atoms with van der Waals surface area (Å²) in [6, 6.07) is 4.93. The second kappa shape index (κ2) is 3.25. The lowest BCUT2D eigenvalue weighted by Gasteiger charge is -2.04. The van der Waals surface area contributed by atoms with Crippen molar-refractivity contribution >= 4 is 5.69 Å². The van der Waals surface area contributed by atoms with E-state index in [0.717, 1.165) is 5.56 Å². The minimum Gasteiger partial charge on any atom is -0.506 e. The second-order valence-corrected chi connectivity index (χ2v) is 2.26. The number of rotatable bonds is 2. The van der Waals surface area contributed by atoms with Gasteiger partial charge in [-0.1, -0.05) is 6.07 Å². The monoisotopic (exact) mass is 153 g/mol. The van der Waals surface area contributed by atoms with Crippen LogP contribution in [0.2, 0.25) is 0 Å². The molecule has 1 aromatic carbocycles. The summed E-state index contributed by atoms with van der Waals surface area (Å²) in [5.74, 6) is 0.199. The van der Waals surface area contributed by atoms with Crippen molar-refractivity contribution in [2.75, 3.05) is 12.4 Å². The van der Waals surface area contributed by atoms with E-state index in [1.807, 2.05) is 0 Å². The molecule has 0 bridgehead atoms. The smallest absolute Gasteiger partial charge is 0.138 e. The van der Waals surface area contributed by atoms with E-state index in [0.29, 0.717) is 5.69 Å². The maximum Gasteiger partial charge on any atom is 0.138 e. The summed E-state index contributed by atoms with van der Waals surface area (Å²) in [6.45, 7) is -0.00500. The number of phenols is 1. The lowest BCUT2D eigenvalue weighted by molar-refractivity contribution is 0.282. The molecular formula is C8H11NO2. The third-order valence-electron chi connectivity index (χ3n) is 1.51. The van der Waals surface area contributed by atoms with Crippen LogP contribution in [0.4, 0.5) is 5.69 Å². The fourth-order valence-corrected chi connectivity index (χ4v) is 0.882. The van der Waals surface area contributed by atoms with Gasteiger partial charge in [-0.15, -0.1) is 0 Å². The Morgan fingerprint density at radius 3 is 2.73 bits per heavy atom. The normalized spacial score (nSPS) is 9.64. The summed E-state index contributed by atoms with van der Waals surface area (Å²) in [6.07, 6.45) is 0. The van der Waals surface area contributed by atoms with E-state index in [-0.39, 0.29) is 12.4 Å². The van der Waals surface area contributed by atoms with Gasteiger partial charge in [-0.05, 0) is 17.7 Å². The maximum atomic E-state index is 9.19. The Morgan fingerprint density at radius 1 is 1.45 bits per heavy atom.